The molecule has 0 unspecified atom stereocenters. The highest BCUT2D eigenvalue weighted by Crippen LogP contribution is 2.18. The topological polar surface area (TPSA) is 57.4 Å². The summed E-state index contributed by atoms with van der Waals surface area (Å²) in [5, 5.41) is 0. The Morgan fingerprint density at radius 3 is 2.75 bits per heavy atom. The Balaban J connectivity index is 2.21. The van der Waals surface area contributed by atoms with Crippen LogP contribution in [0.4, 0.5) is 5.82 Å². The lowest BCUT2D eigenvalue weighted by molar-refractivity contribution is 0.0982. The number of rotatable bonds is 7. The van der Waals surface area contributed by atoms with Gasteiger partial charge in [-0.15, -0.1) is 0 Å². The van der Waals surface area contributed by atoms with Crippen LogP contribution in [-0.2, 0) is 4.74 Å². The summed E-state index contributed by atoms with van der Waals surface area (Å²) in [6.45, 7) is 5.93. The summed E-state index contributed by atoms with van der Waals surface area (Å²) in [6.07, 6.45) is 2.24. The molecule has 0 saturated heterocycles. The van der Waals surface area contributed by atoms with Crippen LogP contribution in [0, 0.1) is 6.92 Å². The van der Waals surface area contributed by atoms with Crippen LogP contribution in [0.3, 0.4) is 0 Å². The van der Waals surface area contributed by atoms with Gasteiger partial charge in [0.05, 0.1) is 6.61 Å². The molecule has 1 aromatic heterocycles. The summed E-state index contributed by atoms with van der Waals surface area (Å²) in [6, 6.07) is 3.72. The standard InChI is InChI=1S/C12H20N2O2/c1-3-4-7-15-8-9-16-11-6-5-10(2)14-12(11)13/h5-6H,3-4,7-9H2,1-2H3,(H2,13,14). The van der Waals surface area contributed by atoms with Crippen molar-refractivity contribution >= 4 is 5.82 Å². The Morgan fingerprint density at radius 2 is 2.06 bits per heavy atom. The first kappa shape index (κ1) is 12.8. The SMILES string of the molecule is CCCCOCCOc1ccc(C)nc1N. The van der Waals surface area contributed by atoms with Gasteiger partial charge in [0.15, 0.2) is 11.6 Å². The lowest BCUT2D eigenvalue weighted by atomic mass is 10.3. The molecule has 0 atom stereocenters. The van der Waals surface area contributed by atoms with Crippen LogP contribution in [-0.4, -0.2) is 24.8 Å². The fraction of sp³-hybridized carbons (Fsp3) is 0.583. The van der Waals surface area contributed by atoms with Gasteiger partial charge in [-0.3, -0.25) is 0 Å². The predicted octanol–water partition coefficient (Wildman–Crippen LogP) is 2.17. The molecule has 0 saturated carbocycles. The largest absolute Gasteiger partial charge is 0.487 e. The molecule has 0 spiro atoms. The second-order valence-electron chi connectivity index (χ2n) is 3.65. The third kappa shape index (κ3) is 4.49. The van der Waals surface area contributed by atoms with Crippen molar-refractivity contribution < 1.29 is 9.47 Å². The van der Waals surface area contributed by atoms with Gasteiger partial charge in [0, 0.05) is 12.3 Å². The summed E-state index contributed by atoms with van der Waals surface area (Å²) in [4.78, 5) is 4.11. The van der Waals surface area contributed by atoms with Crippen molar-refractivity contribution in [1.29, 1.82) is 0 Å². The Labute approximate surface area is 96.8 Å². The molecule has 1 heterocycles. The maximum absolute atomic E-state index is 5.71. The normalized spacial score (nSPS) is 10.4. The number of pyridine rings is 1. The van der Waals surface area contributed by atoms with Gasteiger partial charge in [-0.25, -0.2) is 4.98 Å². The van der Waals surface area contributed by atoms with Gasteiger partial charge < -0.3 is 15.2 Å². The maximum Gasteiger partial charge on any atom is 0.166 e. The number of ether oxygens (including phenoxy) is 2. The van der Waals surface area contributed by atoms with Crippen molar-refractivity contribution in [3.8, 4) is 5.75 Å². The molecule has 0 aliphatic rings. The number of anilines is 1. The minimum atomic E-state index is 0.438. The van der Waals surface area contributed by atoms with Crippen LogP contribution in [0.25, 0.3) is 0 Å². The molecule has 0 aromatic carbocycles. The number of hydrogen-bond donors (Lipinski definition) is 1. The molecule has 4 heteroatoms. The molecule has 90 valence electrons. The van der Waals surface area contributed by atoms with E-state index in [9.17, 15) is 0 Å². The number of aromatic nitrogens is 1. The first-order chi connectivity index (χ1) is 7.74. The van der Waals surface area contributed by atoms with Crippen molar-refractivity contribution in [3.63, 3.8) is 0 Å². The molecular weight excluding hydrogens is 204 g/mol. The molecule has 4 nitrogen and oxygen atoms in total. The zero-order valence-electron chi connectivity index (χ0n) is 10.0. The zero-order valence-corrected chi connectivity index (χ0v) is 10.0. The second kappa shape index (κ2) is 7.06. The molecule has 0 aliphatic carbocycles. The molecule has 0 bridgehead atoms. The number of hydrogen-bond acceptors (Lipinski definition) is 4. The van der Waals surface area contributed by atoms with E-state index in [0.29, 0.717) is 24.8 Å². The molecular formula is C12H20N2O2. The number of aryl methyl sites for hydroxylation is 1. The van der Waals surface area contributed by atoms with E-state index in [2.05, 4.69) is 11.9 Å². The van der Waals surface area contributed by atoms with Crippen molar-refractivity contribution in [1.82, 2.24) is 4.98 Å². The van der Waals surface area contributed by atoms with Gasteiger partial charge in [0.2, 0.25) is 0 Å². The van der Waals surface area contributed by atoms with Crippen molar-refractivity contribution in [2.75, 3.05) is 25.6 Å². The summed E-state index contributed by atoms with van der Waals surface area (Å²) in [5.41, 5.74) is 6.60. The van der Waals surface area contributed by atoms with Crippen LogP contribution in [0.15, 0.2) is 12.1 Å². The predicted molar refractivity (Wildman–Crippen MR) is 64.6 cm³/mol. The van der Waals surface area contributed by atoms with Crippen LogP contribution in [0.2, 0.25) is 0 Å². The third-order valence-electron chi connectivity index (χ3n) is 2.15. The smallest absolute Gasteiger partial charge is 0.166 e. The van der Waals surface area contributed by atoms with Crippen LogP contribution < -0.4 is 10.5 Å². The first-order valence-corrected chi connectivity index (χ1v) is 5.67. The molecule has 0 fully saturated rings. The van der Waals surface area contributed by atoms with E-state index in [1.807, 2.05) is 19.1 Å². The highest BCUT2D eigenvalue weighted by Gasteiger charge is 2.01. The summed E-state index contributed by atoms with van der Waals surface area (Å²) >= 11 is 0. The lowest BCUT2D eigenvalue weighted by Gasteiger charge is -2.08. The molecule has 16 heavy (non-hydrogen) atoms. The monoisotopic (exact) mass is 224 g/mol. The Kier molecular flexibility index (Phi) is 5.64. The average Bonchev–Trinajstić information content (AvgIpc) is 2.26. The Hall–Kier alpha value is -1.29. The maximum atomic E-state index is 5.71. The number of nitrogen functional groups attached to an aromatic ring is 1. The molecule has 1 aromatic rings. The molecule has 2 N–H and O–H groups in total. The van der Waals surface area contributed by atoms with Crippen molar-refractivity contribution in [3.05, 3.63) is 17.8 Å². The van der Waals surface area contributed by atoms with Crippen LogP contribution in [0.5, 0.6) is 5.75 Å². The molecule has 0 amide bonds. The van der Waals surface area contributed by atoms with Crippen LogP contribution in [0.1, 0.15) is 25.5 Å². The fourth-order valence-electron chi connectivity index (χ4n) is 1.25. The van der Waals surface area contributed by atoms with Gasteiger partial charge in [-0.05, 0) is 25.5 Å². The highest BCUT2D eigenvalue weighted by atomic mass is 16.5. The van der Waals surface area contributed by atoms with Crippen molar-refractivity contribution in [2.24, 2.45) is 0 Å². The number of nitrogens with zero attached hydrogens (tertiary/aromatic N) is 1. The van der Waals surface area contributed by atoms with Gasteiger partial charge in [0.1, 0.15) is 6.61 Å². The summed E-state index contributed by atoms with van der Waals surface area (Å²) < 4.78 is 10.8. The fourth-order valence-corrected chi connectivity index (χ4v) is 1.25. The second-order valence-corrected chi connectivity index (χ2v) is 3.65. The number of nitrogens with two attached hydrogens (primary N) is 1. The van der Waals surface area contributed by atoms with E-state index < -0.39 is 0 Å². The number of unbranched alkanes of at least 4 members (excludes halogenated alkanes) is 1. The summed E-state index contributed by atoms with van der Waals surface area (Å²) in [7, 11) is 0. The average molecular weight is 224 g/mol. The van der Waals surface area contributed by atoms with Gasteiger partial charge in [0.25, 0.3) is 0 Å². The third-order valence-corrected chi connectivity index (χ3v) is 2.15. The first-order valence-electron chi connectivity index (χ1n) is 5.67. The lowest BCUT2D eigenvalue weighted by Crippen LogP contribution is -2.09. The van der Waals surface area contributed by atoms with Crippen LogP contribution >= 0.6 is 0 Å². The molecule has 0 aliphatic heterocycles. The van der Waals surface area contributed by atoms with E-state index in [-0.39, 0.29) is 0 Å². The molecule has 1 rings (SSSR count). The van der Waals surface area contributed by atoms with E-state index in [4.69, 9.17) is 15.2 Å². The van der Waals surface area contributed by atoms with Gasteiger partial charge in [-0.1, -0.05) is 13.3 Å². The van der Waals surface area contributed by atoms with Crippen molar-refractivity contribution in [2.45, 2.75) is 26.7 Å². The Bertz CT molecular complexity index is 316. The van der Waals surface area contributed by atoms with E-state index in [0.717, 1.165) is 25.1 Å². The zero-order chi connectivity index (χ0) is 11.8. The molecule has 0 radical (unpaired) electrons. The Morgan fingerprint density at radius 1 is 1.25 bits per heavy atom. The van der Waals surface area contributed by atoms with Gasteiger partial charge in [-0.2, -0.15) is 0 Å². The highest BCUT2D eigenvalue weighted by molar-refractivity contribution is 5.46. The summed E-state index contributed by atoms with van der Waals surface area (Å²) in [5.74, 6) is 1.07. The van der Waals surface area contributed by atoms with Gasteiger partial charge >= 0.3 is 0 Å². The van der Waals surface area contributed by atoms with E-state index in [1.54, 1.807) is 0 Å². The van der Waals surface area contributed by atoms with E-state index in [1.165, 1.54) is 0 Å². The quantitative estimate of drug-likeness (QED) is 0.721. The minimum Gasteiger partial charge on any atom is -0.487 e. The minimum absolute atomic E-state index is 0.438. The van der Waals surface area contributed by atoms with E-state index >= 15 is 0 Å².